The minimum absolute atomic E-state index is 0.0458. The van der Waals surface area contributed by atoms with Gasteiger partial charge in [0.1, 0.15) is 5.82 Å². The van der Waals surface area contributed by atoms with E-state index < -0.39 is 5.82 Å². The van der Waals surface area contributed by atoms with Crippen LogP contribution in [-0.2, 0) is 4.74 Å². The van der Waals surface area contributed by atoms with Crippen molar-refractivity contribution >= 4 is 11.6 Å². The van der Waals surface area contributed by atoms with Crippen molar-refractivity contribution in [3.63, 3.8) is 0 Å². The van der Waals surface area contributed by atoms with Gasteiger partial charge in [-0.15, -0.1) is 0 Å². The Kier molecular flexibility index (Phi) is 4.92. The first-order valence-electron chi connectivity index (χ1n) is 6.83. The van der Waals surface area contributed by atoms with Gasteiger partial charge < -0.3 is 15.1 Å². The lowest BCUT2D eigenvalue weighted by molar-refractivity contribution is 0.0146. The summed E-state index contributed by atoms with van der Waals surface area (Å²) >= 11 is 0. The van der Waals surface area contributed by atoms with Gasteiger partial charge in [0.2, 0.25) is 0 Å². The number of carbonyl (C=O) groups is 1. The number of likely N-dealkylation sites (tertiary alicyclic amines) is 1. The summed E-state index contributed by atoms with van der Waals surface area (Å²) in [5, 5.41) is 0. The molecular formula is C14H20FN3O2. The highest BCUT2D eigenvalue weighted by atomic mass is 19.1. The predicted molar refractivity (Wildman–Crippen MR) is 74.8 cm³/mol. The molecule has 1 fully saturated rings. The second-order valence-electron chi connectivity index (χ2n) is 4.75. The lowest BCUT2D eigenvalue weighted by Gasteiger charge is -2.32. The van der Waals surface area contributed by atoms with Crippen LogP contribution in [0.4, 0.5) is 10.1 Å². The number of hydrogen-bond acceptors (Lipinski definition) is 4. The Bertz CT molecular complexity index is 473. The first-order valence-corrected chi connectivity index (χ1v) is 6.83. The van der Waals surface area contributed by atoms with Gasteiger partial charge in [-0.05, 0) is 31.9 Å². The Balaban J connectivity index is 2.08. The third-order valence-electron chi connectivity index (χ3n) is 3.52. The van der Waals surface area contributed by atoms with E-state index in [0.29, 0.717) is 19.7 Å². The summed E-state index contributed by atoms with van der Waals surface area (Å²) in [6.07, 6.45) is 1.82. The van der Waals surface area contributed by atoms with Crippen molar-refractivity contribution in [1.82, 2.24) is 4.90 Å². The van der Waals surface area contributed by atoms with Gasteiger partial charge in [-0.1, -0.05) is 6.07 Å². The number of benzene rings is 1. The van der Waals surface area contributed by atoms with Crippen LogP contribution in [0.1, 0.15) is 30.1 Å². The molecule has 0 aromatic heterocycles. The van der Waals surface area contributed by atoms with Gasteiger partial charge in [0, 0.05) is 19.7 Å². The zero-order valence-corrected chi connectivity index (χ0v) is 11.6. The fourth-order valence-electron chi connectivity index (χ4n) is 2.48. The third kappa shape index (κ3) is 3.08. The number of amides is 1. The van der Waals surface area contributed by atoms with E-state index in [-0.39, 0.29) is 23.3 Å². The summed E-state index contributed by atoms with van der Waals surface area (Å²) in [5.74, 6) is 4.57. The Hall–Kier alpha value is -1.66. The second kappa shape index (κ2) is 6.67. The number of hydrogen-bond donors (Lipinski definition) is 2. The number of piperidine rings is 1. The summed E-state index contributed by atoms with van der Waals surface area (Å²) in [7, 11) is 0. The number of halogens is 1. The number of nitrogens with zero attached hydrogens (tertiary/aromatic N) is 1. The summed E-state index contributed by atoms with van der Waals surface area (Å²) < 4.78 is 19.2. The number of carbonyl (C=O) groups excluding carboxylic acids is 1. The number of ether oxygens (including phenoxy) is 1. The number of rotatable bonds is 4. The molecule has 0 saturated carbocycles. The molecule has 0 atom stereocenters. The maximum atomic E-state index is 13.6. The second-order valence-corrected chi connectivity index (χ2v) is 4.75. The van der Waals surface area contributed by atoms with Crippen LogP contribution in [0, 0.1) is 5.82 Å². The maximum absolute atomic E-state index is 13.6. The highest BCUT2D eigenvalue weighted by Crippen LogP contribution is 2.22. The molecule has 5 nitrogen and oxygen atoms in total. The van der Waals surface area contributed by atoms with E-state index >= 15 is 0 Å². The standard InChI is InChI=1S/C14H20FN3O2/c1-2-20-10-6-8-18(9-7-10)14(19)11-4-3-5-12(15)13(11)17-16/h3-5,10,17H,2,6-9,16H2,1H3. The van der Waals surface area contributed by atoms with Crippen LogP contribution >= 0.6 is 0 Å². The van der Waals surface area contributed by atoms with E-state index in [1.54, 1.807) is 11.0 Å². The average Bonchev–Trinajstić information content (AvgIpc) is 2.47. The van der Waals surface area contributed by atoms with E-state index in [9.17, 15) is 9.18 Å². The molecule has 3 N–H and O–H groups in total. The van der Waals surface area contributed by atoms with Gasteiger partial charge in [0.15, 0.2) is 0 Å². The molecule has 1 aliphatic rings. The molecule has 2 rings (SSSR count). The summed E-state index contributed by atoms with van der Waals surface area (Å²) in [6.45, 7) is 3.88. The Morgan fingerprint density at radius 3 is 2.80 bits per heavy atom. The molecule has 1 aromatic rings. The molecule has 0 radical (unpaired) electrons. The molecular weight excluding hydrogens is 261 g/mol. The van der Waals surface area contributed by atoms with Crippen LogP contribution in [-0.4, -0.2) is 36.6 Å². The maximum Gasteiger partial charge on any atom is 0.256 e. The van der Waals surface area contributed by atoms with Crippen molar-refractivity contribution in [2.75, 3.05) is 25.1 Å². The van der Waals surface area contributed by atoms with Crippen LogP contribution < -0.4 is 11.3 Å². The normalized spacial score (nSPS) is 16.2. The SMILES string of the molecule is CCOC1CCN(C(=O)c2cccc(F)c2NN)CC1. The van der Waals surface area contributed by atoms with Crippen molar-refractivity contribution in [2.24, 2.45) is 5.84 Å². The average molecular weight is 281 g/mol. The van der Waals surface area contributed by atoms with E-state index in [0.717, 1.165) is 12.8 Å². The minimum atomic E-state index is -0.525. The molecule has 0 spiro atoms. The number of para-hydroxylation sites is 1. The fourth-order valence-corrected chi connectivity index (χ4v) is 2.48. The van der Waals surface area contributed by atoms with E-state index in [1.807, 2.05) is 6.92 Å². The van der Waals surface area contributed by atoms with Crippen LogP contribution in [0.15, 0.2) is 18.2 Å². The van der Waals surface area contributed by atoms with Gasteiger partial charge in [-0.3, -0.25) is 10.6 Å². The third-order valence-corrected chi connectivity index (χ3v) is 3.52. The van der Waals surface area contributed by atoms with Crippen molar-refractivity contribution in [2.45, 2.75) is 25.9 Å². The van der Waals surface area contributed by atoms with Gasteiger partial charge in [-0.25, -0.2) is 4.39 Å². The van der Waals surface area contributed by atoms with Gasteiger partial charge >= 0.3 is 0 Å². The highest BCUT2D eigenvalue weighted by molar-refractivity contribution is 5.99. The quantitative estimate of drug-likeness (QED) is 0.652. The summed E-state index contributed by atoms with van der Waals surface area (Å²) in [4.78, 5) is 14.1. The van der Waals surface area contributed by atoms with E-state index in [4.69, 9.17) is 10.6 Å². The molecule has 1 aliphatic heterocycles. The lowest BCUT2D eigenvalue weighted by atomic mass is 10.1. The largest absolute Gasteiger partial charge is 0.378 e. The number of hydrazine groups is 1. The van der Waals surface area contributed by atoms with Crippen LogP contribution in [0.2, 0.25) is 0 Å². The van der Waals surface area contributed by atoms with E-state index in [1.165, 1.54) is 12.1 Å². The Morgan fingerprint density at radius 1 is 1.50 bits per heavy atom. The smallest absolute Gasteiger partial charge is 0.256 e. The molecule has 110 valence electrons. The molecule has 1 saturated heterocycles. The van der Waals surface area contributed by atoms with Crippen molar-refractivity contribution in [3.05, 3.63) is 29.6 Å². The zero-order chi connectivity index (χ0) is 14.5. The monoisotopic (exact) mass is 281 g/mol. The topological polar surface area (TPSA) is 67.6 Å². The summed E-state index contributed by atoms with van der Waals surface area (Å²) in [5.41, 5.74) is 2.58. The first kappa shape index (κ1) is 14.7. The molecule has 1 heterocycles. The van der Waals surface area contributed by atoms with Crippen molar-refractivity contribution < 1.29 is 13.9 Å². The molecule has 0 unspecified atom stereocenters. The van der Waals surface area contributed by atoms with Crippen molar-refractivity contribution in [1.29, 1.82) is 0 Å². The number of nitrogens with one attached hydrogen (secondary N) is 1. The molecule has 6 heteroatoms. The first-order chi connectivity index (χ1) is 9.67. The lowest BCUT2D eigenvalue weighted by Crippen LogP contribution is -2.41. The number of anilines is 1. The van der Waals surface area contributed by atoms with Crippen LogP contribution in [0.25, 0.3) is 0 Å². The summed E-state index contributed by atoms with van der Waals surface area (Å²) in [6, 6.07) is 4.36. The molecule has 1 aromatic carbocycles. The molecule has 0 aliphatic carbocycles. The van der Waals surface area contributed by atoms with E-state index in [2.05, 4.69) is 5.43 Å². The minimum Gasteiger partial charge on any atom is -0.378 e. The molecule has 20 heavy (non-hydrogen) atoms. The predicted octanol–water partition coefficient (Wildman–Crippen LogP) is 1.75. The molecule has 1 amide bonds. The highest BCUT2D eigenvalue weighted by Gasteiger charge is 2.25. The number of nitrogens with two attached hydrogens (primary N) is 1. The van der Waals surface area contributed by atoms with Gasteiger partial charge in [0.05, 0.1) is 17.4 Å². The fraction of sp³-hybridized carbons (Fsp3) is 0.500. The van der Waals surface area contributed by atoms with Gasteiger partial charge in [-0.2, -0.15) is 0 Å². The van der Waals surface area contributed by atoms with Gasteiger partial charge in [0.25, 0.3) is 5.91 Å². The zero-order valence-electron chi connectivity index (χ0n) is 11.6. The number of nitrogen functional groups attached to an aromatic ring is 1. The van der Waals surface area contributed by atoms with Crippen molar-refractivity contribution in [3.8, 4) is 0 Å². The Labute approximate surface area is 117 Å². The Morgan fingerprint density at radius 2 is 2.20 bits per heavy atom. The molecule has 0 bridgehead atoms. The van der Waals surface area contributed by atoms with Crippen LogP contribution in [0.3, 0.4) is 0 Å². The van der Waals surface area contributed by atoms with Crippen LogP contribution in [0.5, 0.6) is 0 Å².